The molecule has 4 heteroatoms. The molecule has 0 fully saturated rings. The number of anilines is 1. The van der Waals surface area contributed by atoms with Crippen LogP contribution >= 0.6 is 11.6 Å². The summed E-state index contributed by atoms with van der Waals surface area (Å²) < 4.78 is 5.90. The van der Waals surface area contributed by atoms with Crippen LogP contribution in [0, 0.1) is 6.92 Å². The Kier molecular flexibility index (Phi) is 3.41. The fraction of sp³-hybridized carbons (Fsp3) is 0.278. The molecule has 0 radical (unpaired) electrons. The Morgan fingerprint density at radius 2 is 1.91 bits per heavy atom. The lowest BCUT2D eigenvalue weighted by Crippen LogP contribution is -2.50. The normalized spacial score (nSPS) is 16.2. The van der Waals surface area contributed by atoms with Gasteiger partial charge in [-0.2, -0.15) is 0 Å². The Bertz CT molecular complexity index is 768. The standard InChI is InChI=1S/C18H18ClNO2/c1-11-6-5-7-13(16(11)19)12-8-9-14-15(10-12)22-18(2,3)17(21)20(14)4/h5-10H,1-4H3. The van der Waals surface area contributed by atoms with Crippen molar-refractivity contribution in [1.29, 1.82) is 0 Å². The third kappa shape index (κ3) is 2.26. The molecule has 22 heavy (non-hydrogen) atoms. The molecule has 0 unspecified atom stereocenters. The van der Waals surface area contributed by atoms with Crippen molar-refractivity contribution >= 4 is 23.2 Å². The van der Waals surface area contributed by atoms with Gasteiger partial charge in [-0.25, -0.2) is 0 Å². The van der Waals surface area contributed by atoms with Crippen molar-refractivity contribution in [1.82, 2.24) is 0 Å². The molecule has 0 bridgehead atoms. The van der Waals surface area contributed by atoms with Gasteiger partial charge in [-0.05, 0) is 44.0 Å². The average Bonchev–Trinajstić information content (AvgIpc) is 2.47. The minimum absolute atomic E-state index is 0.0543. The molecule has 1 aliphatic rings. The van der Waals surface area contributed by atoms with E-state index in [9.17, 15) is 4.79 Å². The molecule has 0 N–H and O–H groups in total. The Balaban J connectivity index is 2.12. The molecule has 0 saturated heterocycles. The first-order valence-electron chi connectivity index (χ1n) is 7.18. The second kappa shape index (κ2) is 5.03. The van der Waals surface area contributed by atoms with Gasteiger partial charge in [0.05, 0.1) is 10.7 Å². The number of ether oxygens (including phenoxy) is 1. The van der Waals surface area contributed by atoms with Crippen molar-refractivity contribution in [2.45, 2.75) is 26.4 Å². The number of rotatable bonds is 1. The van der Waals surface area contributed by atoms with Crippen molar-refractivity contribution < 1.29 is 9.53 Å². The molecule has 0 saturated carbocycles. The summed E-state index contributed by atoms with van der Waals surface area (Å²) in [4.78, 5) is 13.9. The lowest BCUT2D eigenvalue weighted by molar-refractivity contribution is -0.132. The van der Waals surface area contributed by atoms with E-state index in [1.54, 1.807) is 25.8 Å². The summed E-state index contributed by atoms with van der Waals surface area (Å²) in [6.45, 7) is 5.54. The van der Waals surface area contributed by atoms with E-state index in [0.717, 1.165) is 27.4 Å². The smallest absolute Gasteiger partial charge is 0.270 e. The van der Waals surface area contributed by atoms with Gasteiger partial charge in [0.2, 0.25) is 0 Å². The summed E-state index contributed by atoms with van der Waals surface area (Å²) in [5.74, 6) is 0.642. The summed E-state index contributed by atoms with van der Waals surface area (Å²) in [6, 6.07) is 11.8. The highest BCUT2D eigenvalue weighted by atomic mass is 35.5. The van der Waals surface area contributed by atoms with Crippen LogP contribution in [0.2, 0.25) is 5.02 Å². The van der Waals surface area contributed by atoms with Gasteiger partial charge in [0.1, 0.15) is 5.75 Å². The molecule has 3 nitrogen and oxygen atoms in total. The number of amides is 1. The number of carbonyl (C=O) groups excluding carboxylic acids is 1. The number of nitrogens with zero attached hydrogens (tertiary/aromatic N) is 1. The minimum Gasteiger partial charge on any atom is -0.476 e. The summed E-state index contributed by atoms with van der Waals surface area (Å²) in [5.41, 5.74) is 2.88. The first-order valence-corrected chi connectivity index (χ1v) is 7.56. The summed E-state index contributed by atoms with van der Waals surface area (Å²) >= 11 is 6.41. The van der Waals surface area contributed by atoms with Crippen LogP contribution in [-0.4, -0.2) is 18.6 Å². The monoisotopic (exact) mass is 315 g/mol. The van der Waals surface area contributed by atoms with E-state index in [2.05, 4.69) is 0 Å². The van der Waals surface area contributed by atoms with Crippen molar-refractivity contribution in [3.63, 3.8) is 0 Å². The van der Waals surface area contributed by atoms with Crippen LogP contribution in [0.25, 0.3) is 11.1 Å². The molecule has 2 aromatic rings. The lowest BCUT2D eigenvalue weighted by atomic mass is 10.00. The highest BCUT2D eigenvalue weighted by Gasteiger charge is 2.39. The third-order valence-electron chi connectivity index (χ3n) is 4.01. The zero-order chi connectivity index (χ0) is 16.1. The zero-order valence-electron chi connectivity index (χ0n) is 13.1. The van der Waals surface area contributed by atoms with E-state index in [4.69, 9.17) is 16.3 Å². The molecule has 114 valence electrons. The van der Waals surface area contributed by atoms with Gasteiger partial charge in [0, 0.05) is 12.6 Å². The molecule has 2 aromatic carbocycles. The first-order chi connectivity index (χ1) is 10.3. The Labute approximate surface area is 135 Å². The van der Waals surface area contributed by atoms with Gasteiger partial charge in [-0.3, -0.25) is 4.79 Å². The number of halogens is 1. The lowest BCUT2D eigenvalue weighted by Gasteiger charge is -2.37. The molecule has 0 atom stereocenters. The maximum absolute atomic E-state index is 12.2. The molecule has 0 spiro atoms. The SMILES string of the molecule is Cc1cccc(-c2ccc3c(c2)OC(C)(C)C(=O)N3C)c1Cl. The van der Waals surface area contributed by atoms with Crippen LogP contribution in [0.3, 0.4) is 0 Å². The molecule has 1 amide bonds. The Hall–Kier alpha value is -2.00. The van der Waals surface area contributed by atoms with Gasteiger partial charge in [-0.15, -0.1) is 0 Å². The average molecular weight is 316 g/mol. The van der Waals surface area contributed by atoms with Crippen molar-refractivity contribution in [3.05, 3.63) is 47.0 Å². The van der Waals surface area contributed by atoms with Crippen LogP contribution in [0.15, 0.2) is 36.4 Å². The predicted octanol–water partition coefficient (Wildman–Crippen LogP) is 4.45. The summed E-state index contributed by atoms with van der Waals surface area (Å²) in [6.07, 6.45) is 0. The second-order valence-corrected chi connectivity index (χ2v) is 6.47. The minimum atomic E-state index is -0.864. The van der Waals surface area contributed by atoms with E-state index < -0.39 is 5.60 Å². The van der Waals surface area contributed by atoms with E-state index in [0.29, 0.717) is 5.75 Å². The van der Waals surface area contributed by atoms with Crippen molar-refractivity contribution in [2.75, 3.05) is 11.9 Å². The Morgan fingerprint density at radius 1 is 1.18 bits per heavy atom. The molecule has 0 aromatic heterocycles. The maximum Gasteiger partial charge on any atom is 0.270 e. The summed E-state index contributed by atoms with van der Waals surface area (Å²) in [7, 11) is 1.77. The molecular formula is C18H18ClNO2. The molecular weight excluding hydrogens is 298 g/mol. The fourth-order valence-corrected chi connectivity index (χ4v) is 2.98. The number of hydrogen-bond donors (Lipinski definition) is 0. The van der Waals surface area contributed by atoms with Gasteiger partial charge < -0.3 is 9.64 Å². The second-order valence-electron chi connectivity index (χ2n) is 6.10. The van der Waals surface area contributed by atoms with Crippen LogP contribution in [0.5, 0.6) is 5.75 Å². The van der Waals surface area contributed by atoms with Crippen LogP contribution in [-0.2, 0) is 4.79 Å². The highest BCUT2D eigenvalue weighted by molar-refractivity contribution is 6.34. The van der Waals surface area contributed by atoms with Gasteiger partial charge >= 0.3 is 0 Å². The number of carbonyl (C=O) groups is 1. The van der Waals surface area contributed by atoms with Crippen LogP contribution < -0.4 is 9.64 Å². The number of likely N-dealkylation sites (N-methyl/N-ethyl adjacent to an activating group) is 1. The van der Waals surface area contributed by atoms with Gasteiger partial charge in [0.25, 0.3) is 5.91 Å². The highest BCUT2D eigenvalue weighted by Crippen LogP contribution is 2.41. The van der Waals surface area contributed by atoms with E-state index in [-0.39, 0.29) is 5.91 Å². The van der Waals surface area contributed by atoms with Crippen LogP contribution in [0.1, 0.15) is 19.4 Å². The van der Waals surface area contributed by atoms with E-state index >= 15 is 0 Å². The number of fused-ring (bicyclic) bond motifs is 1. The number of aryl methyl sites for hydroxylation is 1. The quantitative estimate of drug-likeness (QED) is 0.778. The maximum atomic E-state index is 12.2. The van der Waals surface area contributed by atoms with E-state index in [1.165, 1.54) is 0 Å². The number of hydrogen-bond acceptors (Lipinski definition) is 2. The van der Waals surface area contributed by atoms with Crippen LogP contribution in [0.4, 0.5) is 5.69 Å². The molecule has 1 heterocycles. The Morgan fingerprint density at radius 3 is 2.64 bits per heavy atom. The fourth-order valence-electron chi connectivity index (χ4n) is 2.74. The van der Waals surface area contributed by atoms with Crippen molar-refractivity contribution in [3.8, 4) is 16.9 Å². The molecule has 3 rings (SSSR count). The zero-order valence-corrected chi connectivity index (χ0v) is 13.9. The topological polar surface area (TPSA) is 29.5 Å². The van der Waals surface area contributed by atoms with E-state index in [1.807, 2.05) is 43.3 Å². The van der Waals surface area contributed by atoms with Gasteiger partial charge in [-0.1, -0.05) is 35.9 Å². The summed E-state index contributed by atoms with van der Waals surface area (Å²) in [5, 5.41) is 0.738. The first kappa shape index (κ1) is 14.9. The third-order valence-corrected chi connectivity index (χ3v) is 4.51. The largest absolute Gasteiger partial charge is 0.476 e. The molecule has 1 aliphatic heterocycles. The van der Waals surface area contributed by atoms with Crippen molar-refractivity contribution in [2.24, 2.45) is 0 Å². The van der Waals surface area contributed by atoms with Gasteiger partial charge in [0.15, 0.2) is 5.60 Å². The number of benzene rings is 2. The predicted molar refractivity (Wildman–Crippen MR) is 89.7 cm³/mol. The molecule has 0 aliphatic carbocycles.